The molecule has 0 aliphatic carbocycles. The van der Waals surface area contributed by atoms with Crippen LogP contribution < -0.4 is 0 Å². The minimum absolute atomic E-state index is 0. The molecule has 0 radical (unpaired) electrons. The van der Waals surface area contributed by atoms with Gasteiger partial charge >= 0.3 is 1.43 Å². The van der Waals surface area contributed by atoms with Crippen molar-refractivity contribution in [3.8, 4) is 0 Å². The lowest BCUT2D eigenvalue weighted by Gasteiger charge is -1.88. The molecule has 0 saturated heterocycles. The number of rotatable bonds is 1. The lowest BCUT2D eigenvalue weighted by molar-refractivity contribution is 1.26. The summed E-state index contributed by atoms with van der Waals surface area (Å²) in [6, 6.07) is 3.91. The number of thiol groups is 1. The van der Waals surface area contributed by atoms with E-state index in [-0.39, 0.29) is 1.43 Å². The molecular weight excluding hydrogens is 118 g/mol. The van der Waals surface area contributed by atoms with Crippen molar-refractivity contribution < 1.29 is 1.43 Å². The summed E-state index contributed by atoms with van der Waals surface area (Å²) >= 11 is 4.07. The molecule has 1 heterocycles. The van der Waals surface area contributed by atoms with Crippen molar-refractivity contribution in [3.63, 3.8) is 0 Å². The minimum Gasteiger partial charge on any atom is -0.264 e. The molecule has 2 heteroatoms. The molecule has 0 amide bonds. The smallest absolute Gasteiger partial charge is 0.264 e. The van der Waals surface area contributed by atoms with Gasteiger partial charge in [0.15, 0.2) is 0 Å². The van der Waals surface area contributed by atoms with E-state index in [1.807, 2.05) is 18.3 Å². The second-order valence-corrected chi connectivity index (χ2v) is 1.84. The summed E-state index contributed by atoms with van der Waals surface area (Å²) in [5.74, 6) is 0.772. The SMILES string of the molecule is SCc1cccnc1.[H+]. The van der Waals surface area contributed by atoms with Crippen LogP contribution in [0.4, 0.5) is 0 Å². The van der Waals surface area contributed by atoms with Crippen LogP contribution in [-0.4, -0.2) is 4.98 Å². The number of hydrogen-bond donors (Lipinski definition) is 1. The zero-order chi connectivity index (χ0) is 5.82. The van der Waals surface area contributed by atoms with Crippen molar-refractivity contribution in [3.05, 3.63) is 30.1 Å². The lowest BCUT2D eigenvalue weighted by atomic mass is 10.3. The average Bonchev–Trinajstić information content (AvgIpc) is 1.90. The van der Waals surface area contributed by atoms with Gasteiger partial charge in [-0.25, -0.2) is 0 Å². The van der Waals surface area contributed by atoms with Crippen LogP contribution in [0.15, 0.2) is 24.5 Å². The van der Waals surface area contributed by atoms with Gasteiger partial charge in [0.05, 0.1) is 0 Å². The molecule has 0 saturated carbocycles. The van der Waals surface area contributed by atoms with Gasteiger partial charge in [-0.3, -0.25) is 4.98 Å². The van der Waals surface area contributed by atoms with Crippen LogP contribution in [0.2, 0.25) is 0 Å². The maximum absolute atomic E-state index is 4.07. The summed E-state index contributed by atoms with van der Waals surface area (Å²) in [7, 11) is 0. The van der Waals surface area contributed by atoms with E-state index in [0.29, 0.717) is 0 Å². The fourth-order valence-corrected chi connectivity index (χ4v) is 0.679. The Kier molecular flexibility index (Phi) is 1.92. The van der Waals surface area contributed by atoms with Gasteiger partial charge in [-0.15, -0.1) is 0 Å². The predicted molar refractivity (Wildman–Crippen MR) is 38.0 cm³/mol. The zero-order valence-corrected chi connectivity index (χ0v) is 5.31. The van der Waals surface area contributed by atoms with Crippen LogP contribution in [0.1, 0.15) is 6.99 Å². The molecule has 0 fully saturated rings. The highest BCUT2D eigenvalue weighted by molar-refractivity contribution is 7.79. The first kappa shape index (κ1) is 5.63. The highest BCUT2D eigenvalue weighted by Gasteiger charge is 1.81. The first-order valence-electron chi connectivity index (χ1n) is 2.43. The molecule has 8 heavy (non-hydrogen) atoms. The topological polar surface area (TPSA) is 12.9 Å². The molecule has 1 nitrogen and oxygen atoms in total. The summed E-state index contributed by atoms with van der Waals surface area (Å²) in [5.41, 5.74) is 1.16. The van der Waals surface area contributed by atoms with Crippen LogP contribution in [-0.2, 0) is 5.75 Å². The molecule has 0 bridgehead atoms. The van der Waals surface area contributed by atoms with Crippen molar-refractivity contribution in [2.45, 2.75) is 5.75 Å². The number of aromatic nitrogens is 1. The van der Waals surface area contributed by atoms with E-state index in [2.05, 4.69) is 17.6 Å². The van der Waals surface area contributed by atoms with Crippen LogP contribution >= 0.6 is 12.6 Å². The van der Waals surface area contributed by atoms with Gasteiger partial charge in [0.25, 0.3) is 0 Å². The first-order chi connectivity index (χ1) is 3.93. The third-order valence-electron chi connectivity index (χ3n) is 0.905. The first-order valence-corrected chi connectivity index (χ1v) is 3.06. The molecule has 0 spiro atoms. The number of hydrogen-bond acceptors (Lipinski definition) is 2. The summed E-state index contributed by atoms with van der Waals surface area (Å²) in [4.78, 5) is 3.91. The Hall–Kier alpha value is -0.500. The second-order valence-electron chi connectivity index (χ2n) is 1.52. The normalized spacial score (nSPS) is 9.12. The molecule has 1 aromatic rings. The van der Waals surface area contributed by atoms with Crippen LogP contribution in [0.3, 0.4) is 0 Å². The highest BCUT2D eigenvalue weighted by atomic mass is 32.1. The van der Waals surface area contributed by atoms with Crippen molar-refractivity contribution in [1.29, 1.82) is 0 Å². The van der Waals surface area contributed by atoms with E-state index in [4.69, 9.17) is 0 Å². The fourth-order valence-electron chi connectivity index (χ4n) is 0.492. The molecule has 0 atom stereocenters. The van der Waals surface area contributed by atoms with E-state index >= 15 is 0 Å². The zero-order valence-electron chi connectivity index (χ0n) is 5.41. The molecular formula is C6H8NS+. The molecule has 0 aromatic carbocycles. The third kappa shape index (κ3) is 1.23. The lowest BCUT2D eigenvalue weighted by Crippen LogP contribution is -1.75. The summed E-state index contributed by atoms with van der Waals surface area (Å²) in [6.45, 7) is 0. The molecule has 1 aromatic heterocycles. The van der Waals surface area contributed by atoms with Crippen molar-refractivity contribution >= 4 is 12.6 Å². The largest absolute Gasteiger partial charge is 1.00 e. The van der Waals surface area contributed by atoms with Crippen molar-refractivity contribution in [1.82, 2.24) is 4.98 Å². The summed E-state index contributed by atoms with van der Waals surface area (Å²) in [5, 5.41) is 0. The van der Waals surface area contributed by atoms with E-state index in [1.165, 1.54) is 0 Å². The van der Waals surface area contributed by atoms with Gasteiger partial charge in [-0.05, 0) is 11.6 Å². The van der Waals surface area contributed by atoms with Gasteiger partial charge in [-0.1, -0.05) is 6.07 Å². The van der Waals surface area contributed by atoms with Crippen molar-refractivity contribution in [2.24, 2.45) is 0 Å². The molecule has 42 valence electrons. The Labute approximate surface area is 55.7 Å². The maximum Gasteiger partial charge on any atom is 1.00 e. The quantitative estimate of drug-likeness (QED) is 0.564. The van der Waals surface area contributed by atoms with Gasteiger partial charge in [0, 0.05) is 18.1 Å². The monoisotopic (exact) mass is 126 g/mol. The Morgan fingerprint density at radius 1 is 1.75 bits per heavy atom. The van der Waals surface area contributed by atoms with Gasteiger partial charge in [-0.2, -0.15) is 12.6 Å². The minimum atomic E-state index is 0. The molecule has 0 aliphatic rings. The second kappa shape index (κ2) is 2.72. The molecule has 0 unspecified atom stereocenters. The van der Waals surface area contributed by atoms with Gasteiger partial charge in [0.1, 0.15) is 0 Å². The summed E-state index contributed by atoms with van der Waals surface area (Å²) in [6.07, 6.45) is 3.57. The Bertz CT molecular complexity index is 154. The average molecular weight is 126 g/mol. The predicted octanol–water partition coefficient (Wildman–Crippen LogP) is 1.62. The number of nitrogens with zero attached hydrogens (tertiary/aromatic N) is 1. The molecule has 1 rings (SSSR count). The molecule has 0 aliphatic heterocycles. The van der Waals surface area contributed by atoms with Crippen LogP contribution in [0, 0.1) is 0 Å². The van der Waals surface area contributed by atoms with E-state index < -0.39 is 0 Å². The van der Waals surface area contributed by atoms with Gasteiger partial charge < -0.3 is 0 Å². The Morgan fingerprint density at radius 3 is 3.00 bits per heavy atom. The van der Waals surface area contributed by atoms with Crippen LogP contribution in [0.5, 0.6) is 0 Å². The highest BCUT2D eigenvalue weighted by Crippen LogP contribution is 1.97. The van der Waals surface area contributed by atoms with E-state index in [9.17, 15) is 0 Å². The Morgan fingerprint density at radius 2 is 2.62 bits per heavy atom. The summed E-state index contributed by atoms with van der Waals surface area (Å²) < 4.78 is 0. The van der Waals surface area contributed by atoms with Crippen molar-refractivity contribution in [2.75, 3.05) is 0 Å². The fraction of sp³-hybridized carbons (Fsp3) is 0.167. The standard InChI is InChI=1S/C6H7NS/c8-5-6-2-1-3-7-4-6/h1-4,8H,5H2/p+1. The Balaban J connectivity index is 0.000000640. The van der Waals surface area contributed by atoms with Gasteiger partial charge in [0.2, 0.25) is 0 Å². The van der Waals surface area contributed by atoms with Crippen LogP contribution in [0.25, 0.3) is 0 Å². The maximum atomic E-state index is 4.07. The van der Waals surface area contributed by atoms with E-state index in [0.717, 1.165) is 11.3 Å². The molecule has 0 N–H and O–H groups in total. The van der Waals surface area contributed by atoms with E-state index in [1.54, 1.807) is 6.20 Å². The third-order valence-corrected chi connectivity index (χ3v) is 1.27. The number of pyridine rings is 1.